The average molecular weight is 414 g/mol. The lowest BCUT2D eigenvalue weighted by Crippen LogP contribution is -2.27. The van der Waals surface area contributed by atoms with Gasteiger partial charge in [0.05, 0.1) is 23.7 Å². The predicted octanol–water partition coefficient (Wildman–Crippen LogP) is 4.49. The molecule has 0 bridgehead atoms. The zero-order valence-corrected chi connectivity index (χ0v) is 15.9. The lowest BCUT2D eigenvalue weighted by atomic mass is 9.80. The van der Waals surface area contributed by atoms with Gasteiger partial charge >= 0.3 is 12.1 Å². The summed E-state index contributed by atoms with van der Waals surface area (Å²) < 4.78 is 51.9. The normalized spacial score (nSPS) is 16.7. The first-order valence-electron chi connectivity index (χ1n) is 9.00. The van der Waals surface area contributed by atoms with E-state index in [4.69, 9.17) is 15.2 Å². The van der Waals surface area contributed by atoms with Crippen molar-refractivity contribution in [2.24, 2.45) is 5.73 Å². The van der Waals surface area contributed by atoms with Gasteiger partial charge in [-0.1, -0.05) is 48.5 Å². The molecule has 8 heteroatoms. The molecule has 0 aromatic heterocycles. The fraction of sp³-hybridized carbons (Fsp3) is 0.182. The Kier molecular flexibility index (Phi) is 5.83. The van der Waals surface area contributed by atoms with E-state index in [9.17, 15) is 23.2 Å². The molecule has 0 saturated heterocycles. The Morgan fingerprint density at radius 1 is 1.17 bits per heavy atom. The minimum absolute atomic E-state index is 0.0148. The van der Waals surface area contributed by atoms with Crippen LogP contribution in [-0.4, -0.2) is 12.6 Å². The molecule has 0 aliphatic carbocycles. The molecule has 0 saturated carbocycles. The molecule has 0 fully saturated rings. The van der Waals surface area contributed by atoms with Crippen LogP contribution in [0.15, 0.2) is 71.6 Å². The molecule has 0 spiro atoms. The van der Waals surface area contributed by atoms with Crippen LogP contribution in [0, 0.1) is 11.3 Å². The van der Waals surface area contributed by atoms with Gasteiger partial charge in [0.25, 0.3) is 0 Å². The Morgan fingerprint density at radius 2 is 1.80 bits per heavy atom. The number of alkyl halides is 3. The zero-order valence-electron chi connectivity index (χ0n) is 15.9. The van der Waals surface area contributed by atoms with Gasteiger partial charge in [-0.3, -0.25) is 0 Å². The molecular weight excluding hydrogens is 397 g/mol. The number of allylic oxidation sites excluding steroid dienone is 1. The molecule has 2 aromatic carbocycles. The number of hydrogen-bond acceptors (Lipinski definition) is 5. The highest BCUT2D eigenvalue weighted by Crippen LogP contribution is 2.46. The summed E-state index contributed by atoms with van der Waals surface area (Å²) in [6.07, 6.45) is -4.71. The Labute approximate surface area is 170 Å². The number of carbonyl (C=O) groups excluding carboxylic acids is 1. The third-order valence-electron chi connectivity index (χ3n) is 4.53. The molecule has 154 valence electrons. The number of nitrogens with two attached hydrogens (primary N) is 1. The van der Waals surface area contributed by atoms with Crippen LogP contribution < -0.4 is 5.73 Å². The summed E-state index contributed by atoms with van der Waals surface area (Å²) in [6.45, 7) is 1.55. The van der Waals surface area contributed by atoms with Gasteiger partial charge in [-0.25, -0.2) is 4.79 Å². The van der Waals surface area contributed by atoms with Gasteiger partial charge in [-0.05, 0) is 18.6 Å². The van der Waals surface area contributed by atoms with E-state index in [2.05, 4.69) is 0 Å². The Balaban J connectivity index is 2.36. The van der Waals surface area contributed by atoms with Crippen LogP contribution in [0.4, 0.5) is 13.2 Å². The highest BCUT2D eigenvalue weighted by atomic mass is 19.4. The number of nitrogens with zero attached hydrogens (tertiary/aromatic N) is 1. The second-order valence-electron chi connectivity index (χ2n) is 6.34. The number of benzene rings is 2. The standard InChI is InChI=1S/C22H17F3N2O3/c1-2-29-21(28)18-17(14-10-6-7-11-16(14)22(23,24)25)15(12-26)20(27)30-19(18)13-8-4-3-5-9-13/h3-11,17H,2,27H2,1H3. The van der Waals surface area contributed by atoms with Crippen LogP contribution >= 0.6 is 0 Å². The second-order valence-corrected chi connectivity index (χ2v) is 6.34. The Morgan fingerprint density at radius 3 is 2.40 bits per heavy atom. The largest absolute Gasteiger partial charge is 0.463 e. The second kappa shape index (κ2) is 8.33. The van der Waals surface area contributed by atoms with Gasteiger partial charge < -0.3 is 15.2 Å². The number of hydrogen-bond donors (Lipinski definition) is 1. The number of rotatable bonds is 4. The molecular formula is C22H17F3N2O3. The van der Waals surface area contributed by atoms with Crippen molar-refractivity contribution in [1.29, 1.82) is 5.26 Å². The molecule has 1 heterocycles. The molecule has 30 heavy (non-hydrogen) atoms. The maximum atomic E-state index is 13.7. The Hall–Kier alpha value is -3.73. The van der Waals surface area contributed by atoms with E-state index in [1.165, 1.54) is 18.2 Å². The third kappa shape index (κ3) is 3.87. The topological polar surface area (TPSA) is 85.3 Å². The van der Waals surface area contributed by atoms with E-state index in [0.29, 0.717) is 5.56 Å². The molecule has 3 rings (SSSR count). The van der Waals surface area contributed by atoms with E-state index in [0.717, 1.165) is 6.07 Å². The molecule has 0 amide bonds. The summed E-state index contributed by atoms with van der Waals surface area (Å²) >= 11 is 0. The molecule has 2 N–H and O–H groups in total. The summed E-state index contributed by atoms with van der Waals surface area (Å²) in [5.74, 6) is -2.71. The van der Waals surface area contributed by atoms with Crippen molar-refractivity contribution >= 4 is 11.7 Å². The summed E-state index contributed by atoms with van der Waals surface area (Å²) in [5, 5.41) is 9.65. The summed E-state index contributed by atoms with van der Waals surface area (Å²) in [6, 6.07) is 14.8. The van der Waals surface area contributed by atoms with E-state index in [1.54, 1.807) is 43.3 Å². The molecule has 1 atom stereocenters. The molecule has 1 aliphatic heterocycles. The van der Waals surface area contributed by atoms with Crippen LogP contribution in [0.5, 0.6) is 0 Å². The number of nitriles is 1. The van der Waals surface area contributed by atoms with Gasteiger partial charge in [0.2, 0.25) is 5.88 Å². The first kappa shape index (κ1) is 21.0. The number of carbonyl (C=O) groups is 1. The maximum Gasteiger partial charge on any atom is 0.416 e. The van der Waals surface area contributed by atoms with Crippen molar-refractivity contribution in [2.45, 2.75) is 19.0 Å². The monoisotopic (exact) mass is 414 g/mol. The van der Waals surface area contributed by atoms with Crippen molar-refractivity contribution in [3.05, 3.63) is 88.3 Å². The molecule has 2 aromatic rings. The number of esters is 1. The SMILES string of the molecule is CCOC(=O)C1=C(c2ccccc2)OC(N)=C(C#N)C1c1ccccc1C(F)(F)F. The van der Waals surface area contributed by atoms with Gasteiger partial charge in [0, 0.05) is 5.56 Å². The third-order valence-corrected chi connectivity index (χ3v) is 4.53. The fourth-order valence-electron chi connectivity index (χ4n) is 3.30. The Bertz CT molecular complexity index is 1070. The van der Waals surface area contributed by atoms with Crippen LogP contribution in [0.2, 0.25) is 0 Å². The quantitative estimate of drug-likeness (QED) is 0.746. The first-order valence-corrected chi connectivity index (χ1v) is 9.00. The lowest BCUT2D eigenvalue weighted by Gasteiger charge is -2.29. The zero-order chi connectivity index (χ0) is 21.9. The van der Waals surface area contributed by atoms with Gasteiger partial charge in [-0.2, -0.15) is 18.4 Å². The van der Waals surface area contributed by atoms with Crippen molar-refractivity contribution in [3.63, 3.8) is 0 Å². The number of halogens is 3. The summed E-state index contributed by atoms with van der Waals surface area (Å²) in [4.78, 5) is 12.9. The van der Waals surface area contributed by atoms with E-state index < -0.39 is 23.6 Å². The summed E-state index contributed by atoms with van der Waals surface area (Å²) in [7, 11) is 0. The van der Waals surface area contributed by atoms with Crippen molar-refractivity contribution in [1.82, 2.24) is 0 Å². The van der Waals surface area contributed by atoms with Crippen LogP contribution in [0.1, 0.15) is 29.5 Å². The van der Waals surface area contributed by atoms with E-state index >= 15 is 0 Å². The van der Waals surface area contributed by atoms with Crippen LogP contribution in [0.25, 0.3) is 5.76 Å². The average Bonchev–Trinajstić information content (AvgIpc) is 2.73. The predicted molar refractivity (Wildman–Crippen MR) is 102 cm³/mol. The van der Waals surface area contributed by atoms with Gasteiger partial charge in [-0.15, -0.1) is 0 Å². The summed E-state index contributed by atoms with van der Waals surface area (Å²) in [5.41, 5.74) is 4.54. The molecule has 5 nitrogen and oxygen atoms in total. The first-order chi connectivity index (χ1) is 14.3. The highest BCUT2D eigenvalue weighted by molar-refractivity contribution is 6.00. The van der Waals surface area contributed by atoms with Crippen molar-refractivity contribution < 1.29 is 27.4 Å². The fourth-order valence-corrected chi connectivity index (χ4v) is 3.30. The van der Waals surface area contributed by atoms with Crippen molar-refractivity contribution in [3.8, 4) is 6.07 Å². The highest BCUT2D eigenvalue weighted by Gasteiger charge is 2.43. The van der Waals surface area contributed by atoms with Gasteiger partial charge in [0.15, 0.2) is 0 Å². The smallest absolute Gasteiger partial charge is 0.416 e. The molecule has 1 aliphatic rings. The van der Waals surface area contributed by atoms with Crippen molar-refractivity contribution in [2.75, 3.05) is 6.61 Å². The molecule has 0 radical (unpaired) electrons. The maximum absolute atomic E-state index is 13.7. The lowest BCUT2D eigenvalue weighted by molar-refractivity contribution is -0.140. The molecule has 1 unspecified atom stereocenters. The number of ether oxygens (including phenoxy) is 2. The van der Waals surface area contributed by atoms with Crippen LogP contribution in [-0.2, 0) is 20.4 Å². The van der Waals surface area contributed by atoms with E-state index in [-0.39, 0.29) is 35.0 Å². The minimum atomic E-state index is -4.71. The van der Waals surface area contributed by atoms with Gasteiger partial charge in [0.1, 0.15) is 17.4 Å². The van der Waals surface area contributed by atoms with E-state index in [1.807, 2.05) is 0 Å². The van der Waals surface area contributed by atoms with Crippen LogP contribution in [0.3, 0.4) is 0 Å². The minimum Gasteiger partial charge on any atom is -0.463 e.